The molecule has 116 valence electrons. The van der Waals surface area contributed by atoms with Gasteiger partial charge in [0.15, 0.2) is 0 Å². The van der Waals surface area contributed by atoms with Gasteiger partial charge in [0.1, 0.15) is 11.5 Å². The molecule has 0 fully saturated rings. The van der Waals surface area contributed by atoms with E-state index in [0.717, 1.165) is 4.47 Å². The van der Waals surface area contributed by atoms with Crippen molar-refractivity contribution >= 4 is 33.4 Å². The van der Waals surface area contributed by atoms with Crippen molar-refractivity contribution < 1.29 is 9.53 Å². The van der Waals surface area contributed by atoms with Crippen molar-refractivity contribution in [3.8, 4) is 11.5 Å². The Balaban J connectivity index is 2.20. The average Bonchev–Trinajstić information content (AvgIpc) is 2.41. The molecule has 0 saturated heterocycles. The number of ether oxygens (including phenoxy) is 1. The van der Waals surface area contributed by atoms with Gasteiger partial charge in [-0.05, 0) is 67.0 Å². The number of carbonyl (C=O) groups is 1. The van der Waals surface area contributed by atoms with Gasteiger partial charge in [-0.1, -0.05) is 23.7 Å². The van der Waals surface area contributed by atoms with Gasteiger partial charge in [-0.25, -0.2) is 0 Å². The minimum Gasteiger partial charge on any atom is -0.455 e. The number of nitrogens with one attached hydrogen (secondary N) is 1. The standard InChI is InChI=1S/C17H17BrClNO2/c1-17(2,3)20-16(21)11-8-9-15(13(19)10-11)22-14-7-5-4-6-12(14)18/h4-10H,1-3H3,(H,20,21). The summed E-state index contributed by atoms with van der Waals surface area (Å²) in [6, 6.07) is 12.5. The Hall–Kier alpha value is -1.52. The van der Waals surface area contributed by atoms with Gasteiger partial charge < -0.3 is 10.1 Å². The predicted octanol–water partition coefficient (Wildman–Crippen LogP) is 5.42. The van der Waals surface area contributed by atoms with Gasteiger partial charge in [-0.2, -0.15) is 0 Å². The second kappa shape index (κ2) is 6.71. The Morgan fingerprint density at radius 3 is 2.41 bits per heavy atom. The van der Waals surface area contributed by atoms with Crippen molar-refractivity contribution in [2.24, 2.45) is 0 Å². The molecular formula is C17H17BrClNO2. The van der Waals surface area contributed by atoms with E-state index < -0.39 is 0 Å². The first-order valence-corrected chi connectivity index (χ1v) is 7.98. The number of hydrogen-bond donors (Lipinski definition) is 1. The SMILES string of the molecule is CC(C)(C)NC(=O)c1ccc(Oc2ccccc2Br)c(Cl)c1. The minimum absolute atomic E-state index is 0.165. The van der Waals surface area contributed by atoms with Crippen LogP contribution in [0.3, 0.4) is 0 Å². The van der Waals surface area contributed by atoms with Gasteiger partial charge in [-0.3, -0.25) is 4.79 Å². The molecule has 0 heterocycles. The van der Waals surface area contributed by atoms with E-state index >= 15 is 0 Å². The molecule has 22 heavy (non-hydrogen) atoms. The zero-order chi connectivity index (χ0) is 16.3. The van der Waals surface area contributed by atoms with Crippen LogP contribution in [0.5, 0.6) is 11.5 Å². The lowest BCUT2D eigenvalue weighted by Crippen LogP contribution is -2.40. The van der Waals surface area contributed by atoms with Gasteiger partial charge in [-0.15, -0.1) is 0 Å². The fraction of sp³-hybridized carbons (Fsp3) is 0.235. The van der Waals surface area contributed by atoms with Gasteiger partial charge in [0.25, 0.3) is 5.91 Å². The molecule has 0 aromatic heterocycles. The van der Waals surface area contributed by atoms with Crippen molar-refractivity contribution in [3.63, 3.8) is 0 Å². The third kappa shape index (κ3) is 4.49. The van der Waals surface area contributed by atoms with E-state index in [-0.39, 0.29) is 11.4 Å². The van der Waals surface area contributed by atoms with Crippen LogP contribution < -0.4 is 10.1 Å². The molecule has 0 spiro atoms. The van der Waals surface area contributed by atoms with Crippen LogP contribution in [0.2, 0.25) is 5.02 Å². The van der Waals surface area contributed by atoms with E-state index in [2.05, 4.69) is 21.2 Å². The first-order chi connectivity index (χ1) is 10.3. The molecule has 0 unspecified atom stereocenters. The van der Waals surface area contributed by atoms with Crippen LogP contribution >= 0.6 is 27.5 Å². The maximum atomic E-state index is 12.1. The van der Waals surface area contributed by atoms with Crippen LogP contribution in [0.1, 0.15) is 31.1 Å². The topological polar surface area (TPSA) is 38.3 Å². The Kier molecular flexibility index (Phi) is 5.14. The number of para-hydroxylation sites is 1. The molecule has 5 heteroatoms. The first kappa shape index (κ1) is 16.8. The highest BCUT2D eigenvalue weighted by Crippen LogP contribution is 2.34. The van der Waals surface area contributed by atoms with Crippen LogP contribution in [0.4, 0.5) is 0 Å². The minimum atomic E-state index is -0.298. The molecule has 0 atom stereocenters. The van der Waals surface area contributed by atoms with Gasteiger partial charge in [0.05, 0.1) is 9.50 Å². The lowest BCUT2D eigenvalue weighted by molar-refractivity contribution is 0.0919. The molecule has 0 aliphatic carbocycles. The second-order valence-electron chi connectivity index (χ2n) is 5.88. The van der Waals surface area contributed by atoms with Crippen molar-refractivity contribution in [1.29, 1.82) is 0 Å². The summed E-state index contributed by atoms with van der Waals surface area (Å²) in [5.74, 6) is 0.999. The third-order valence-corrected chi connectivity index (χ3v) is 3.69. The lowest BCUT2D eigenvalue weighted by atomic mass is 10.1. The van der Waals surface area contributed by atoms with Crippen LogP contribution in [-0.4, -0.2) is 11.4 Å². The van der Waals surface area contributed by atoms with Crippen molar-refractivity contribution in [1.82, 2.24) is 5.32 Å². The maximum Gasteiger partial charge on any atom is 0.251 e. The van der Waals surface area contributed by atoms with E-state index in [0.29, 0.717) is 22.1 Å². The quantitative estimate of drug-likeness (QED) is 0.769. The molecule has 2 aromatic carbocycles. The van der Waals surface area contributed by atoms with Gasteiger partial charge >= 0.3 is 0 Å². The third-order valence-electron chi connectivity index (χ3n) is 2.74. The van der Waals surface area contributed by atoms with Gasteiger partial charge in [0, 0.05) is 11.1 Å². The summed E-state index contributed by atoms with van der Waals surface area (Å²) in [5.41, 5.74) is 0.201. The molecule has 0 aliphatic rings. The van der Waals surface area contributed by atoms with E-state index in [1.807, 2.05) is 45.0 Å². The number of halogens is 2. The first-order valence-electron chi connectivity index (χ1n) is 6.81. The highest BCUT2D eigenvalue weighted by Gasteiger charge is 2.16. The normalized spacial score (nSPS) is 11.1. The zero-order valence-electron chi connectivity index (χ0n) is 12.6. The average molecular weight is 383 g/mol. The summed E-state index contributed by atoms with van der Waals surface area (Å²) in [4.78, 5) is 12.1. The fourth-order valence-corrected chi connectivity index (χ4v) is 2.37. The van der Waals surface area contributed by atoms with E-state index in [1.165, 1.54) is 0 Å². The molecule has 0 saturated carbocycles. The van der Waals surface area contributed by atoms with Crippen LogP contribution in [0.25, 0.3) is 0 Å². The molecule has 1 amide bonds. The Bertz CT molecular complexity index is 695. The van der Waals surface area contributed by atoms with E-state index in [4.69, 9.17) is 16.3 Å². The molecule has 0 radical (unpaired) electrons. The zero-order valence-corrected chi connectivity index (χ0v) is 15.0. The summed E-state index contributed by atoms with van der Waals surface area (Å²) in [5, 5.41) is 3.28. The summed E-state index contributed by atoms with van der Waals surface area (Å²) in [6.07, 6.45) is 0. The Labute approximate surface area is 143 Å². The number of benzene rings is 2. The number of amides is 1. The predicted molar refractivity (Wildman–Crippen MR) is 92.9 cm³/mol. The monoisotopic (exact) mass is 381 g/mol. The molecule has 0 bridgehead atoms. The maximum absolute atomic E-state index is 12.1. The summed E-state index contributed by atoms with van der Waals surface area (Å²) >= 11 is 9.64. The van der Waals surface area contributed by atoms with Crippen molar-refractivity contribution in [2.75, 3.05) is 0 Å². The fourth-order valence-electron chi connectivity index (χ4n) is 1.78. The Morgan fingerprint density at radius 1 is 1.14 bits per heavy atom. The highest BCUT2D eigenvalue weighted by atomic mass is 79.9. The molecule has 0 aliphatic heterocycles. The van der Waals surface area contributed by atoms with E-state index in [1.54, 1.807) is 18.2 Å². The molecule has 3 nitrogen and oxygen atoms in total. The van der Waals surface area contributed by atoms with Crippen molar-refractivity contribution in [3.05, 3.63) is 57.5 Å². The molecular weight excluding hydrogens is 366 g/mol. The number of carbonyl (C=O) groups excluding carboxylic acids is 1. The highest BCUT2D eigenvalue weighted by molar-refractivity contribution is 9.10. The summed E-state index contributed by atoms with van der Waals surface area (Å²) < 4.78 is 6.60. The van der Waals surface area contributed by atoms with Crippen molar-refractivity contribution in [2.45, 2.75) is 26.3 Å². The number of hydrogen-bond acceptors (Lipinski definition) is 2. The van der Waals surface area contributed by atoms with Gasteiger partial charge in [0.2, 0.25) is 0 Å². The second-order valence-corrected chi connectivity index (χ2v) is 7.14. The Morgan fingerprint density at radius 2 is 1.82 bits per heavy atom. The van der Waals surface area contributed by atoms with Crippen LogP contribution in [0, 0.1) is 0 Å². The summed E-state index contributed by atoms with van der Waals surface area (Å²) in [7, 11) is 0. The molecule has 2 rings (SSSR count). The van der Waals surface area contributed by atoms with E-state index in [9.17, 15) is 4.79 Å². The molecule has 2 aromatic rings. The van der Waals surface area contributed by atoms with Crippen LogP contribution in [-0.2, 0) is 0 Å². The largest absolute Gasteiger partial charge is 0.455 e. The lowest BCUT2D eigenvalue weighted by Gasteiger charge is -2.20. The smallest absolute Gasteiger partial charge is 0.251 e. The molecule has 1 N–H and O–H groups in total. The summed E-state index contributed by atoms with van der Waals surface area (Å²) in [6.45, 7) is 5.78. The number of rotatable bonds is 3. The van der Waals surface area contributed by atoms with Crippen LogP contribution in [0.15, 0.2) is 46.9 Å².